The maximum atomic E-state index is 13.2. The zero-order chi connectivity index (χ0) is 25.0. The van der Waals surface area contributed by atoms with E-state index in [1.807, 2.05) is 19.2 Å². The Labute approximate surface area is 217 Å². The second-order valence-electron chi connectivity index (χ2n) is 11.8. The smallest absolute Gasteiger partial charge is 0.222 e. The van der Waals surface area contributed by atoms with E-state index >= 15 is 0 Å². The van der Waals surface area contributed by atoms with E-state index in [0.717, 1.165) is 70.4 Å². The Morgan fingerprint density at radius 2 is 1.86 bits per heavy atom. The molecule has 3 aliphatic rings. The van der Waals surface area contributed by atoms with Crippen LogP contribution >= 0.6 is 0 Å². The van der Waals surface area contributed by atoms with E-state index in [4.69, 9.17) is 0 Å². The number of amides is 1. The highest BCUT2D eigenvalue weighted by atomic mass is 16.3. The summed E-state index contributed by atoms with van der Waals surface area (Å²) in [5.74, 6) is 2.19. The minimum Gasteiger partial charge on any atom is -0.508 e. The second-order valence-corrected chi connectivity index (χ2v) is 11.8. The van der Waals surface area contributed by atoms with Gasteiger partial charge in [-0.25, -0.2) is 0 Å². The lowest BCUT2D eigenvalue weighted by molar-refractivity contribution is -0.134. The largest absolute Gasteiger partial charge is 0.508 e. The third kappa shape index (κ3) is 5.96. The van der Waals surface area contributed by atoms with Crippen molar-refractivity contribution in [1.29, 1.82) is 0 Å². The number of phenolic OH excluding ortho intramolecular Hbond substituents is 1. The normalized spacial score (nSPS) is 26.4. The molecule has 2 aromatic carbocycles. The van der Waals surface area contributed by atoms with E-state index in [-0.39, 0.29) is 11.5 Å². The predicted octanol–water partition coefficient (Wildman–Crippen LogP) is 6.18. The molecule has 1 amide bonds. The first-order chi connectivity index (χ1) is 17.5. The van der Waals surface area contributed by atoms with E-state index in [0.29, 0.717) is 24.0 Å². The molecule has 0 radical (unpaired) electrons. The molecular formula is C32H44N2O2. The van der Waals surface area contributed by atoms with Gasteiger partial charge < -0.3 is 14.9 Å². The number of benzene rings is 2. The van der Waals surface area contributed by atoms with Gasteiger partial charge in [0.15, 0.2) is 0 Å². The van der Waals surface area contributed by atoms with Crippen molar-refractivity contribution < 1.29 is 9.90 Å². The molecular weight excluding hydrogens is 444 g/mol. The van der Waals surface area contributed by atoms with Crippen LogP contribution in [0.25, 0.3) is 0 Å². The van der Waals surface area contributed by atoms with Gasteiger partial charge >= 0.3 is 0 Å². The average molecular weight is 489 g/mol. The number of fused-ring (bicyclic) bond motifs is 1. The standard InChI is InChI=1S/C32H44N2O2/c1-33(31(36)14-7-3-6-11-25-9-4-2-5-10-25)29-18-17-28-24-34(23-26-15-16-26)20-19-32(28,22-29)27-12-8-13-30(35)21-27/h2,4-5,8-10,12-13,21,26,28-29,35H,3,6-7,11,14-20,22-24H2,1H3. The van der Waals surface area contributed by atoms with Gasteiger partial charge in [0, 0.05) is 38.0 Å². The van der Waals surface area contributed by atoms with Crippen LogP contribution in [0.3, 0.4) is 0 Å². The Hall–Kier alpha value is -2.33. The SMILES string of the molecule is CN(C(=O)CCCCCc1ccccc1)C1CCC2CN(CC3CC3)CCC2(c2cccc(O)c2)C1. The van der Waals surface area contributed by atoms with Gasteiger partial charge in [-0.2, -0.15) is 0 Å². The van der Waals surface area contributed by atoms with Crippen LogP contribution in [0.5, 0.6) is 5.75 Å². The molecule has 4 heteroatoms. The second kappa shape index (κ2) is 11.4. The van der Waals surface area contributed by atoms with Crippen LogP contribution in [0.4, 0.5) is 0 Å². The van der Waals surface area contributed by atoms with Crippen LogP contribution in [0, 0.1) is 11.8 Å². The molecule has 4 nitrogen and oxygen atoms in total. The highest BCUT2D eigenvalue weighted by molar-refractivity contribution is 5.76. The quantitative estimate of drug-likeness (QED) is 0.406. The first-order valence-corrected chi connectivity index (χ1v) is 14.3. The number of hydrogen-bond donors (Lipinski definition) is 1. The number of hydrogen-bond acceptors (Lipinski definition) is 3. The highest BCUT2D eigenvalue weighted by Crippen LogP contribution is 2.51. The summed E-state index contributed by atoms with van der Waals surface area (Å²) in [6.45, 7) is 3.56. The Morgan fingerprint density at radius 1 is 1.03 bits per heavy atom. The molecule has 36 heavy (non-hydrogen) atoms. The first kappa shape index (κ1) is 25.3. The van der Waals surface area contributed by atoms with Crippen molar-refractivity contribution in [3.05, 3.63) is 65.7 Å². The molecule has 2 aliphatic carbocycles. The number of unbranched alkanes of at least 4 members (excludes halogenated alkanes) is 2. The lowest BCUT2D eigenvalue weighted by Gasteiger charge is -2.54. The number of carbonyl (C=O) groups is 1. The number of nitrogens with zero attached hydrogens (tertiary/aromatic N) is 2. The summed E-state index contributed by atoms with van der Waals surface area (Å²) in [5.41, 5.74) is 2.73. The number of aromatic hydroxyl groups is 1. The van der Waals surface area contributed by atoms with Gasteiger partial charge in [0.25, 0.3) is 0 Å². The number of rotatable bonds is 10. The van der Waals surface area contributed by atoms with Crippen LogP contribution in [-0.4, -0.2) is 53.5 Å². The molecule has 1 saturated heterocycles. The summed E-state index contributed by atoms with van der Waals surface area (Å²) in [6, 6.07) is 18.9. The van der Waals surface area contributed by atoms with Gasteiger partial charge in [0.2, 0.25) is 5.91 Å². The number of likely N-dealkylation sites (tertiary alicyclic amines) is 1. The lowest BCUT2D eigenvalue weighted by Crippen LogP contribution is -2.56. The van der Waals surface area contributed by atoms with Crippen LogP contribution in [-0.2, 0) is 16.6 Å². The van der Waals surface area contributed by atoms with Gasteiger partial charge in [-0.3, -0.25) is 4.79 Å². The van der Waals surface area contributed by atoms with E-state index in [1.54, 1.807) is 6.07 Å². The van der Waals surface area contributed by atoms with Gasteiger partial charge in [-0.1, -0.05) is 48.9 Å². The van der Waals surface area contributed by atoms with Crippen molar-refractivity contribution in [2.45, 2.75) is 82.1 Å². The predicted molar refractivity (Wildman–Crippen MR) is 146 cm³/mol. The van der Waals surface area contributed by atoms with Gasteiger partial charge in [-0.05, 0) is 99.4 Å². The summed E-state index contributed by atoms with van der Waals surface area (Å²) < 4.78 is 0. The third-order valence-electron chi connectivity index (χ3n) is 9.36. The fourth-order valence-corrected chi connectivity index (χ4v) is 6.97. The average Bonchev–Trinajstić information content (AvgIpc) is 3.72. The van der Waals surface area contributed by atoms with Gasteiger partial charge in [-0.15, -0.1) is 0 Å². The van der Waals surface area contributed by atoms with Crippen molar-refractivity contribution in [1.82, 2.24) is 9.80 Å². The molecule has 2 saturated carbocycles. The minimum absolute atomic E-state index is 0.0614. The summed E-state index contributed by atoms with van der Waals surface area (Å²) in [5, 5.41) is 10.3. The molecule has 3 atom stereocenters. The maximum Gasteiger partial charge on any atom is 0.222 e. The van der Waals surface area contributed by atoms with Crippen molar-refractivity contribution in [2.75, 3.05) is 26.7 Å². The first-order valence-electron chi connectivity index (χ1n) is 14.3. The van der Waals surface area contributed by atoms with Gasteiger partial charge in [0.1, 0.15) is 5.75 Å². The van der Waals surface area contributed by atoms with Crippen molar-refractivity contribution >= 4 is 5.91 Å². The Bertz CT molecular complexity index is 1000. The summed E-state index contributed by atoms with van der Waals surface area (Å²) in [7, 11) is 2.04. The number of phenols is 1. The molecule has 0 aromatic heterocycles. The molecule has 1 N–H and O–H groups in total. The Kier molecular flexibility index (Phi) is 8.00. The van der Waals surface area contributed by atoms with Crippen molar-refractivity contribution in [3.8, 4) is 5.75 Å². The van der Waals surface area contributed by atoms with Crippen LogP contribution < -0.4 is 0 Å². The molecule has 2 aromatic rings. The van der Waals surface area contributed by atoms with E-state index in [9.17, 15) is 9.90 Å². The number of piperidine rings is 1. The molecule has 1 aliphatic heterocycles. The highest BCUT2D eigenvalue weighted by Gasteiger charge is 2.49. The molecule has 0 spiro atoms. The lowest BCUT2D eigenvalue weighted by atomic mass is 9.57. The fraction of sp³-hybridized carbons (Fsp3) is 0.594. The summed E-state index contributed by atoms with van der Waals surface area (Å²) in [4.78, 5) is 18.0. The Morgan fingerprint density at radius 3 is 2.64 bits per heavy atom. The van der Waals surface area contributed by atoms with E-state index in [2.05, 4.69) is 46.2 Å². The van der Waals surface area contributed by atoms with Crippen LogP contribution in [0.1, 0.15) is 75.3 Å². The van der Waals surface area contributed by atoms with E-state index in [1.165, 1.54) is 30.5 Å². The Balaban J connectivity index is 1.19. The van der Waals surface area contributed by atoms with Gasteiger partial charge in [0.05, 0.1) is 0 Å². The number of carbonyl (C=O) groups excluding carboxylic acids is 1. The fourth-order valence-electron chi connectivity index (χ4n) is 6.97. The van der Waals surface area contributed by atoms with E-state index < -0.39 is 0 Å². The third-order valence-corrected chi connectivity index (χ3v) is 9.36. The van der Waals surface area contributed by atoms with Crippen LogP contribution in [0.2, 0.25) is 0 Å². The molecule has 194 valence electrons. The molecule has 1 heterocycles. The number of aryl methyl sites for hydroxylation is 1. The maximum absolute atomic E-state index is 13.2. The molecule has 3 unspecified atom stereocenters. The molecule has 3 fully saturated rings. The monoisotopic (exact) mass is 488 g/mol. The van der Waals surface area contributed by atoms with Crippen LogP contribution in [0.15, 0.2) is 54.6 Å². The summed E-state index contributed by atoms with van der Waals surface area (Å²) in [6.07, 6.45) is 12.2. The van der Waals surface area contributed by atoms with Crippen molar-refractivity contribution in [2.24, 2.45) is 11.8 Å². The summed E-state index contributed by atoms with van der Waals surface area (Å²) >= 11 is 0. The zero-order valence-electron chi connectivity index (χ0n) is 22.1. The molecule has 0 bridgehead atoms. The van der Waals surface area contributed by atoms with Crippen molar-refractivity contribution in [3.63, 3.8) is 0 Å². The topological polar surface area (TPSA) is 43.8 Å². The molecule has 5 rings (SSSR count). The zero-order valence-corrected chi connectivity index (χ0v) is 22.1. The minimum atomic E-state index is 0.0614.